The standard InChI is InChI=1S/C18H27N3O3/c1-6-16-14(12-21(7-2)8-3)11-17(24-16)18(22)20(5)13(4)15-9-10-23-19-15/h9-11,13H,6-8,12H2,1-5H3/t13-/m1/s1. The molecule has 0 aliphatic carbocycles. The van der Waals surface area contributed by atoms with Gasteiger partial charge in [-0.1, -0.05) is 25.9 Å². The second-order valence-corrected chi connectivity index (χ2v) is 5.89. The zero-order valence-electron chi connectivity index (χ0n) is 15.2. The Labute approximate surface area is 143 Å². The van der Waals surface area contributed by atoms with Crippen molar-refractivity contribution >= 4 is 5.91 Å². The Morgan fingerprint density at radius 2 is 2.00 bits per heavy atom. The van der Waals surface area contributed by atoms with Gasteiger partial charge in [-0.25, -0.2) is 0 Å². The molecule has 2 aromatic heterocycles. The average molecular weight is 333 g/mol. The van der Waals surface area contributed by atoms with Gasteiger partial charge in [0.15, 0.2) is 5.76 Å². The molecule has 0 unspecified atom stereocenters. The number of hydrogen-bond acceptors (Lipinski definition) is 5. The van der Waals surface area contributed by atoms with Gasteiger partial charge in [-0.3, -0.25) is 9.69 Å². The molecule has 0 aromatic carbocycles. The third-order valence-electron chi connectivity index (χ3n) is 4.50. The van der Waals surface area contributed by atoms with E-state index in [-0.39, 0.29) is 11.9 Å². The van der Waals surface area contributed by atoms with Crippen LogP contribution in [0.3, 0.4) is 0 Å². The van der Waals surface area contributed by atoms with Crippen molar-refractivity contribution in [1.82, 2.24) is 15.0 Å². The van der Waals surface area contributed by atoms with Crippen LogP contribution in [0.5, 0.6) is 0 Å². The van der Waals surface area contributed by atoms with Gasteiger partial charge in [-0.15, -0.1) is 0 Å². The summed E-state index contributed by atoms with van der Waals surface area (Å²) < 4.78 is 10.7. The molecule has 0 saturated carbocycles. The predicted molar refractivity (Wildman–Crippen MR) is 91.7 cm³/mol. The van der Waals surface area contributed by atoms with Gasteiger partial charge in [-0.05, 0) is 26.1 Å². The Hall–Kier alpha value is -2.08. The van der Waals surface area contributed by atoms with Crippen LogP contribution in [0, 0.1) is 0 Å². The summed E-state index contributed by atoms with van der Waals surface area (Å²) in [5.74, 6) is 1.12. The quantitative estimate of drug-likeness (QED) is 0.740. The third kappa shape index (κ3) is 3.87. The SMILES string of the molecule is CCc1oc(C(=O)N(C)[C@H](C)c2ccon2)cc1CN(CC)CC. The van der Waals surface area contributed by atoms with Gasteiger partial charge < -0.3 is 13.8 Å². The molecule has 6 nitrogen and oxygen atoms in total. The van der Waals surface area contributed by atoms with E-state index in [0.29, 0.717) is 5.76 Å². The Kier molecular flexibility index (Phi) is 6.20. The van der Waals surface area contributed by atoms with E-state index in [9.17, 15) is 4.79 Å². The van der Waals surface area contributed by atoms with Crippen LogP contribution in [-0.2, 0) is 13.0 Å². The van der Waals surface area contributed by atoms with Crippen molar-refractivity contribution in [3.05, 3.63) is 41.2 Å². The lowest BCUT2D eigenvalue weighted by atomic mass is 10.1. The lowest BCUT2D eigenvalue weighted by molar-refractivity contribution is 0.0703. The summed E-state index contributed by atoms with van der Waals surface area (Å²) in [4.78, 5) is 16.7. The fraction of sp³-hybridized carbons (Fsp3) is 0.556. The number of carbonyl (C=O) groups excluding carboxylic acids is 1. The Bertz CT molecular complexity index is 645. The second kappa shape index (κ2) is 8.15. The van der Waals surface area contributed by atoms with Crippen LogP contribution in [0.4, 0.5) is 0 Å². The van der Waals surface area contributed by atoms with E-state index in [4.69, 9.17) is 8.94 Å². The van der Waals surface area contributed by atoms with Crippen molar-refractivity contribution in [2.75, 3.05) is 20.1 Å². The number of aromatic nitrogens is 1. The van der Waals surface area contributed by atoms with Gasteiger partial charge in [0.05, 0.1) is 6.04 Å². The normalized spacial score (nSPS) is 12.6. The minimum atomic E-state index is -0.183. The summed E-state index contributed by atoms with van der Waals surface area (Å²) in [6.07, 6.45) is 2.28. The van der Waals surface area contributed by atoms with Crippen LogP contribution < -0.4 is 0 Å². The highest BCUT2D eigenvalue weighted by atomic mass is 16.5. The molecule has 0 N–H and O–H groups in total. The van der Waals surface area contributed by atoms with E-state index in [1.807, 2.05) is 19.9 Å². The molecule has 2 aromatic rings. The number of aryl methyl sites for hydroxylation is 1. The van der Waals surface area contributed by atoms with Crippen LogP contribution in [0.25, 0.3) is 0 Å². The number of amides is 1. The van der Waals surface area contributed by atoms with Gasteiger partial charge in [0, 0.05) is 31.6 Å². The summed E-state index contributed by atoms with van der Waals surface area (Å²) in [6, 6.07) is 3.46. The largest absolute Gasteiger partial charge is 0.456 e. The van der Waals surface area contributed by atoms with Crippen LogP contribution >= 0.6 is 0 Å². The number of nitrogens with zero attached hydrogens (tertiary/aromatic N) is 3. The smallest absolute Gasteiger partial charge is 0.289 e. The van der Waals surface area contributed by atoms with Gasteiger partial charge in [0.25, 0.3) is 5.91 Å². The van der Waals surface area contributed by atoms with Crippen molar-refractivity contribution < 1.29 is 13.7 Å². The molecule has 0 aliphatic heterocycles. The summed E-state index contributed by atoms with van der Waals surface area (Å²) in [6.45, 7) is 11.0. The van der Waals surface area contributed by atoms with E-state index in [0.717, 1.165) is 43.1 Å². The highest BCUT2D eigenvalue weighted by molar-refractivity contribution is 5.91. The van der Waals surface area contributed by atoms with Gasteiger partial charge in [0.1, 0.15) is 17.7 Å². The zero-order valence-corrected chi connectivity index (χ0v) is 15.2. The minimum Gasteiger partial charge on any atom is -0.456 e. The monoisotopic (exact) mass is 333 g/mol. The molecule has 24 heavy (non-hydrogen) atoms. The lowest BCUT2D eigenvalue weighted by Crippen LogP contribution is -2.29. The van der Waals surface area contributed by atoms with Crippen LogP contribution in [0.15, 0.2) is 27.3 Å². The number of rotatable bonds is 8. The molecule has 0 fully saturated rings. The molecule has 0 spiro atoms. The van der Waals surface area contributed by atoms with E-state index >= 15 is 0 Å². The van der Waals surface area contributed by atoms with Crippen molar-refractivity contribution in [3.63, 3.8) is 0 Å². The molecular weight excluding hydrogens is 306 g/mol. The molecule has 1 atom stereocenters. The Morgan fingerprint density at radius 3 is 2.54 bits per heavy atom. The summed E-state index contributed by atoms with van der Waals surface area (Å²) in [7, 11) is 1.75. The van der Waals surface area contributed by atoms with Gasteiger partial charge >= 0.3 is 0 Å². The van der Waals surface area contributed by atoms with Crippen molar-refractivity contribution in [2.45, 2.75) is 46.7 Å². The van der Waals surface area contributed by atoms with Crippen LogP contribution in [-0.4, -0.2) is 41.0 Å². The molecule has 132 valence electrons. The molecule has 0 saturated heterocycles. The molecule has 0 radical (unpaired) electrons. The predicted octanol–water partition coefficient (Wildman–Crippen LogP) is 3.51. The number of furan rings is 1. The molecule has 1 amide bonds. The lowest BCUT2D eigenvalue weighted by Gasteiger charge is -2.21. The Balaban J connectivity index is 2.18. The third-order valence-corrected chi connectivity index (χ3v) is 4.50. The average Bonchev–Trinajstić information content (AvgIpc) is 3.27. The number of carbonyl (C=O) groups is 1. The first-order chi connectivity index (χ1) is 11.5. The zero-order chi connectivity index (χ0) is 17.7. The first-order valence-electron chi connectivity index (χ1n) is 8.53. The van der Waals surface area contributed by atoms with Crippen molar-refractivity contribution in [3.8, 4) is 0 Å². The minimum absolute atomic E-state index is 0.147. The highest BCUT2D eigenvalue weighted by Gasteiger charge is 2.25. The van der Waals surface area contributed by atoms with Gasteiger partial charge in [0.2, 0.25) is 0 Å². The summed E-state index contributed by atoms with van der Waals surface area (Å²) in [5.41, 5.74) is 1.81. The first-order valence-corrected chi connectivity index (χ1v) is 8.53. The summed E-state index contributed by atoms with van der Waals surface area (Å²) >= 11 is 0. The topological polar surface area (TPSA) is 62.7 Å². The van der Waals surface area contributed by atoms with Gasteiger partial charge in [-0.2, -0.15) is 0 Å². The van der Waals surface area contributed by atoms with Crippen molar-refractivity contribution in [1.29, 1.82) is 0 Å². The number of hydrogen-bond donors (Lipinski definition) is 0. The van der Waals surface area contributed by atoms with Crippen LogP contribution in [0.2, 0.25) is 0 Å². The second-order valence-electron chi connectivity index (χ2n) is 5.89. The molecule has 6 heteroatoms. The van der Waals surface area contributed by atoms with E-state index in [2.05, 4.69) is 23.9 Å². The van der Waals surface area contributed by atoms with E-state index < -0.39 is 0 Å². The molecule has 2 rings (SSSR count). The molecule has 0 aliphatic rings. The maximum Gasteiger partial charge on any atom is 0.289 e. The maximum absolute atomic E-state index is 12.7. The summed E-state index contributed by atoms with van der Waals surface area (Å²) in [5, 5.41) is 3.91. The molecule has 2 heterocycles. The molecular formula is C18H27N3O3. The van der Waals surface area contributed by atoms with E-state index in [1.54, 1.807) is 18.0 Å². The fourth-order valence-corrected chi connectivity index (χ4v) is 2.68. The highest BCUT2D eigenvalue weighted by Crippen LogP contribution is 2.23. The fourth-order valence-electron chi connectivity index (χ4n) is 2.68. The van der Waals surface area contributed by atoms with Crippen molar-refractivity contribution in [2.24, 2.45) is 0 Å². The molecule has 0 bridgehead atoms. The maximum atomic E-state index is 12.7. The first kappa shape index (κ1) is 18.3. The Morgan fingerprint density at radius 1 is 1.29 bits per heavy atom. The van der Waals surface area contributed by atoms with Crippen LogP contribution in [0.1, 0.15) is 61.3 Å². The van der Waals surface area contributed by atoms with E-state index in [1.165, 1.54) is 6.26 Å².